The number of hydrogen-bond acceptors (Lipinski definition) is 1. The lowest BCUT2D eigenvalue weighted by atomic mass is 10.1. The molecule has 0 amide bonds. The van der Waals surface area contributed by atoms with Gasteiger partial charge < -0.3 is 4.74 Å². The van der Waals surface area contributed by atoms with Crippen molar-refractivity contribution in [2.24, 2.45) is 0 Å². The topological polar surface area (TPSA) is 9.23 Å². The lowest BCUT2D eigenvalue weighted by molar-refractivity contribution is 0.472. The van der Waals surface area contributed by atoms with Gasteiger partial charge in [0.2, 0.25) is 0 Å². The first-order valence-corrected chi connectivity index (χ1v) is 6.71. The van der Waals surface area contributed by atoms with E-state index in [4.69, 9.17) is 16.3 Å². The van der Waals surface area contributed by atoms with Crippen LogP contribution in [0.3, 0.4) is 0 Å². The summed E-state index contributed by atoms with van der Waals surface area (Å²) in [5.41, 5.74) is 2.00. The van der Waals surface area contributed by atoms with Crippen molar-refractivity contribution in [2.75, 3.05) is 0 Å². The summed E-state index contributed by atoms with van der Waals surface area (Å²) in [7, 11) is 0. The molecule has 0 aliphatic carbocycles. The molecule has 18 heavy (non-hydrogen) atoms. The highest BCUT2D eigenvalue weighted by molar-refractivity contribution is 9.10. The maximum Gasteiger partial charge on any atom is 0.141 e. The standard InChI is InChI=1S/C14H11BrClFO/c1-9-2-5-14(10(6-9)8-16)18-11-3-4-12(15)13(17)7-11/h2-7H,8H2,1H3. The molecule has 2 rings (SSSR count). The van der Waals surface area contributed by atoms with Crippen LogP contribution in [-0.4, -0.2) is 0 Å². The van der Waals surface area contributed by atoms with Gasteiger partial charge >= 0.3 is 0 Å². The number of alkyl halides is 1. The minimum absolute atomic E-state index is 0.355. The molecule has 94 valence electrons. The second-order valence-corrected chi connectivity index (χ2v) is 5.04. The molecule has 0 saturated heterocycles. The fourth-order valence-electron chi connectivity index (χ4n) is 1.58. The fraction of sp³-hybridized carbons (Fsp3) is 0.143. The zero-order valence-electron chi connectivity index (χ0n) is 9.71. The van der Waals surface area contributed by atoms with E-state index in [1.165, 1.54) is 6.07 Å². The monoisotopic (exact) mass is 328 g/mol. The van der Waals surface area contributed by atoms with Gasteiger partial charge in [0.1, 0.15) is 17.3 Å². The SMILES string of the molecule is Cc1ccc(Oc2ccc(Br)c(F)c2)c(CCl)c1. The molecule has 0 bridgehead atoms. The molecule has 0 fully saturated rings. The first-order chi connectivity index (χ1) is 8.60. The molecule has 0 N–H and O–H groups in total. The zero-order chi connectivity index (χ0) is 13.1. The lowest BCUT2D eigenvalue weighted by Gasteiger charge is -2.10. The molecule has 4 heteroatoms. The van der Waals surface area contributed by atoms with Gasteiger partial charge in [-0.2, -0.15) is 0 Å². The van der Waals surface area contributed by atoms with Gasteiger partial charge in [0.05, 0.1) is 10.4 Å². The summed E-state index contributed by atoms with van der Waals surface area (Å²) in [5.74, 6) is 1.10. The van der Waals surface area contributed by atoms with E-state index in [1.54, 1.807) is 12.1 Å². The van der Waals surface area contributed by atoms with Gasteiger partial charge in [-0.15, -0.1) is 11.6 Å². The molecule has 0 spiro atoms. The molecule has 0 radical (unpaired) electrons. The molecule has 0 saturated carbocycles. The smallest absolute Gasteiger partial charge is 0.141 e. The Morgan fingerprint density at radius 3 is 2.67 bits per heavy atom. The molecule has 0 unspecified atom stereocenters. The van der Waals surface area contributed by atoms with E-state index in [-0.39, 0.29) is 5.82 Å². The molecule has 2 aromatic rings. The lowest BCUT2D eigenvalue weighted by Crippen LogP contribution is -1.91. The van der Waals surface area contributed by atoms with Gasteiger partial charge in [-0.05, 0) is 41.1 Å². The van der Waals surface area contributed by atoms with E-state index >= 15 is 0 Å². The van der Waals surface area contributed by atoms with E-state index in [0.29, 0.717) is 21.9 Å². The number of rotatable bonds is 3. The molecule has 1 nitrogen and oxygen atoms in total. The summed E-state index contributed by atoms with van der Waals surface area (Å²) in [6.45, 7) is 1.99. The highest BCUT2D eigenvalue weighted by atomic mass is 79.9. The summed E-state index contributed by atoms with van der Waals surface area (Å²) < 4.78 is 19.4. The Kier molecular flexibility index (Phi) is 4.25. The largest absolute Gasteiger partial charge is 0.457 e. The van der Waals surface area contributed by atoms with Crippen molar-refractivity contribution < 1.29 is 9.13 Å². The van der Waals surface area contributed by atoms with Crippen LogP contribution in [0.1, 0.15) is 11.1 Å². The normalized spacial score (nSPS) is 10.4. The Morgan fingerprint density at radius 2 is 2.00 bits per heavy atom. The number of ether oxygens (including phenoxy) is 1. The van der Waals surface area contributed by atoms with E-state index in [1.807, 2.05) is 25.1 Å². The van der Waals surface area contributed by atoms with Crippen LogP contribution >= 0.6 is 27.5 Å². The number of halogens is 3. The number of aryl methyl sites for hydroxylation is 1. The van der Waals surface area contributed by atoms with E-state index < -0.39 is 0 Å². The van der Waals surface area contributed by atoms with Gasteiger partial charge in [0.25, 0.3) is 0 Å². The third kappa shape index (κ3) is 3.03. The molecular weight excluding hydrogens is 319 g/mol. The van der Waals surface area contributed by atoms with E-state index in [2.05, 4.69) is 15.9 Å². The third-order valence-electron chi connectivity index (χ3n) is 2.48. The van der Waals surface area contributed by atoms with Crippen molar-refractivity contribution in [3.8, 4) is 11.5 Å². The van der Waals surface area contributed by atoms with Crippen molar-refractivity contribution in [1.29, 1.82) is 0 Å². The van der Waals surface area contributed by atoms with Gasteiger partial charge in [-0.1, -0.05) is 17.7 Å². The highest BCUT2D eigenvalue weighted by Crippen LogP contribution is 2.29. The van der Waals surface area contributed by atoms with Crippen molar-refractivity contribution in [2.45, 2.75) is 12.8 Å². The van der Waals surface area contributed by atoms with Gasteiger partial charge in [-0.3, -0.25) is 0 Å². The van der Waals surface area contributed by atoms with Crippen LogP contribution in [0.25, 0.3) is 0 Å². The van der Waals surface area contributed by atoms with Crippen LogP contribution in [0.4, 0.5) is 4.39 Å². The third-order valence-corrected chi connectivity index (χ3v) is 3.41. The van der Waals surface area contributed by atoms with Crippen molar-refractivity contribution in [3.05, 3.63) is 57.8 Å². The summed E-state index contributed by atoms with van der Waals surface area (Å²) in [5, 5.41) is 0. The van der Waals surface area contributed by atoms with Gasteiger partial charge in [0, 0.05) is 11.6 Å². The van der Waals surface area contributed by atoms with Crippen LogP contribution in [0.5, 0.6) is 11.5 Å². The van der Waals surface area contributed by atoms with E-state index in [0.717, 1.165) is 11.1 Å². The van der Waals surface area contributed by atoms with Gasteiger partial charge in [0.15, 0.2) is 0 Å². The first kappa shape index (κ1) is 13.4. The van der Waals surface area contributed by atoms with Crippen LogP contribution in [0, 0.1) is 12.7 Å². The van der Waals surface area contributed by atoms with Crippen LogP contribution in [-0.2, 0) is 5.88 Å². The highest BCUT2D eigenvalue weighted by Gasteiger charge is 2.06. The maximum absolute atomic E-state index is 13.4. The second kappa shape index (κ2) is 5.72. The summed E-state index contributed by atoms with van der Waals surface area (Å²) in [6.07, 6.45) is 0. The van der Waals surface area contributed by atoms with Crippen LogP contribution in [0.2, 0.25) is 0 Å². The number of hydrogen-bond donors (Lipinski definition) is 0. The van der Waals surface area contributed by atoms with Crippen molar-refractivity contribution in [3.63, 3.8) is 0 Å². The average Bonchev–Trinajstić information content (AvgIpc) is 2.36. The molecular formula is C14H11BrClFO. The molecule has 0 aliphatic heterocycles. The summed E-state index contributed by atoms with van der Waals surface area (Å²) >= 11 is 8.97. The Labute approximate surface area is 119 Å². The fourth-order valence-corrected chi connectivity index (χ4v) is 2.04. The molecule has 0 heterocycles. The van der Waals surface area contributed by atoms with Crippen molar-refractivity contribution >= 4 is 27.5 Å². The summed E-state index contributed by atoms with van der Waals surface area (Å²) in [4.78, 5) is 0. The first-order valence-electron chi connectivity index (χ1n) is 5.38. The minimum Gasteiger partial charge on any atom is -0.457 e. The Balaban J connectivity index is 2.30. The zero-order valence-corrected chi connectivity index (χ0v) is 12.1. The quantitative estimate of drug-likeness (QED) is 0.682. The van der Waals surface area contributed by atoms with Crippen LogP contribution < -0.4 is 4.74 Å². The Hall–Kier alpha value is -1.06. The molecule has 0 aliphatic rings. The molecule has 0 atom stereocenters. The average molecular weight is 330 g/mol. The van der Waals surface area contributed by atoms with E-state index in [9.17, 15) is 4.39 Å². The Morgan fingerprint density at radius 1 is 1.22 bits per heavy atom. The summed E-state index contributed by atoms with van der Waals surface area (Å²) in [6, 6.07) is 10.4. The van der Waals surface area contributed by atoms with Gasteiger partial charge in [-0.25, -0.2) is 4.39 Å². The minimum atomic E-state index is -0.355. The van der Waals surface area contributed by atoms with Crippen LogP contribution in [0.15, 0.2) is 40.9 Å². The van der Waals surface area contributed by atoms with Crippen molar-refractivity contribution in [1.82, 2.24) is 0 Å². The molecule has 2 aromatic carbocycles. The predicted octanol–water partition coefficient (Wildman–Crippen LogP) is 5.43. The number of benzene rings is 2. The maximum atomic E-state index is 13.4. The molecule has 0 aromatic heterocycles. The Bertz CT molecular complexity index is 572. The predicted molar refractivity (Wildman–Crippen MR) is 74.9 cm³/mol. The second-order valence-electron chi connectivity index (χ2n) is 3.92.